The number of esters is 1. The Morgan fingerprint density at radius 2 is 1.63 bits per heavy atom. The number of ether oxygens (including phenoxy) is 1. The summed E-state index contributed by atoms with van der Waals surface area (Å²) in [6.07, 6.45) is 0.723. The number of thiazole rings is 1. The highest BCUT2D eigenvalue weighted by Crippen LogP contribution is 2.32. The van der Waals surface area contributed by atoms with E-state index in [0.29, 0.717) is 17.7 Å². The largest absolute Gasteiger partial charge is 0.452 e. The monoisotopic (exact) mass is 416 g/mol. The molecule has 1 N–H and O–H groups in total. The van der Waals surface area contributed by atoms with Crippen molar-refractivity contribution in [1.29, 1.82) is 0 Å². The van der Waals surface area contributed by atoms with E-state index in [0.717, 1.165) is 27.2 Å². The minimum absolute atomic E-state index is 0.318. The van der Waals surface area contributed by atoms with Crippen LogP contribution in [-0.2, 0) is 16.0 Å². The van der Waals surface area contributed by atoms with Crippen molar-refractivity contribution in [2.45, 2.75) is 6.42 Å². The zero-order valence-electron chi connectivity index (χ0n) is 16.2. The van der Waals surface area contributed by atoms with E-state index in [-0.39, 0.29) is 12.5 Å². The lowest BCUT2D eigenvalue weighted by molar-refractivity contribution is -0.124. The molecule has 0 aliphatic heterocycles. The average Bonchev–Trinajstić information content (AvgIpc) is 3.22. The summed E-state index contributed by atoms with van der Waals surface area (Å²) in [4.78, 5) is 29.3. The number of hydrogen-bond donors (Lipinski definition) is 1. The third-order valence-electron chi connectivity index (χ3n) is 4.58. The molecule has 30 heavy (non-hydrogen) atoms. The van der Waals surface area contributed by atoms with Crippen molar-refractivity contribution >= 4 is 33.4 Å². The second-order valence-electron chi connectivity index (χ2n) is 6.69. The standard InChI is InChI=1S/C24H20N2O3S/c27-22(25-15-14-17-8-2-1-3-9-17)16-29-24(28)19-11-5-4-10-18(19)23-26-20-12-6-7-13-21(20)30-23/h1-13H,14-16H2,(H,25,27). The second kappa shape index (κ2) is 9.33. The van der Waals surface area contributed by atoms with Gasteiger partial charge in [-0.25, -0.2) is 9.78 Å². The summed E-state index contributed by atoms with van der Waals surface area (Å²) in [5, 5.41) is 3.52. The van der Waals surface area contributed by atoms with Crippen LogP contribution in [0.1, 0.15) is 15.9 Å². The fraction of sp³-hybridized carbons (Fsp3) is 0.125. The number of fused-ring (bicyclic) bond motifs is 1. The third-order valence-corrected chi connectivity index (χ3v) is 5.65. The van der Waals surface area contributed by atoms with Gasteiger partial charge in [-0.15, -0.1) is 11.3 Å². The minimum Gasteiger partial charge on any atom is -0.452 e. The Morgan fingerprint density at radius 3 is 2.47 bits per heavy atom. The van der Waals surface area contributed by atoms with Crippen molar-refractivity contribution in [3.05, 3.63) is 90.0 Å². The average molecular weight is 417 g/mol. The summed E-state index contributed by atoms with van der Waals surface area (Å²) in [6.45, 7) is 0.171. The zero-order chi connectivity index (χ0) is 20.8. The van der Waals surface area contributed by atoms with Gasteiger partial charge in [-0.2, -0.15) is 0 Å². The highest BCUT2D eigenvalue weighted by Gasteiger charge is 2.17. The van der Waals surface area contributed by atoms with Crippen LogP contribution in [0.15, 0.2) is 78.9 Å². The van der Waals surface area contributed by atoms with Gasteiger partial charge in [0.25, 0.3) is 5.91 Å². The number of nitrogens with one attached hydrogen (secondary N) is 1. The van der Waals surface area contributed by atoms with Crippen LogP contribution < -0.4 is 5.32 Å². The first-order valence-electron chi connectivity index (χ1n) is 9.63. The molecule has 0 saturated carbocycles. The molecule has 0 saturated heterocycles. The molecule has 0 bridgehead atoms. The number of amides is 1. The molecule has 0 aliphatic rings. The molecular formula is C24H20N2O3S. The Labute approximate surface area is 178 Å². The maximum atomic E-state index is 12.6. The summed E-state index contributed by atoms with van der Waals surface area (Å²) >= 11 is 1.52. The van der Waals surface area contributed by atoms with E-state index < -0.39 is 5.97 Å². The molecule has 1 heterocycles. The van der Waals surface area contributed by atoms with Gasteiger partial charge in [0.2, 0.25) is 0 Å². The SMILES string of the molecule is O=C(COC(=O)c1ccccc1-c1nc2ccccc2s1)NCCc1ccccc1. The van der Waals surface area contributed by atoms with Gasteiger partial charge in [0.15, 0.2) is 6.61 Å². The van der Waals surface area contributed by atoms with Gasteiger partial charge in [0, 0.05) is 12.1 Å². The smallest absolute Gasteiger partial charge is 0.339 e. The summed E-state index contributed by atoms with van der Waals surface area (Å²) < 4.78 is 6.30. The predicted octanol–water partition coefficient (Wildman–Crippen LogP) is 4.48. The van der Waals surface area contributed by atoms with Crippen LogP contribution in [0.2, 0.25) is 0 Å². The Kier molecular flexibility index (Phi) is 6.15. The lowest BCUT2D eigenvalue weighted by atomic mass is 10.1. The molecule has 5 nitrogen and oxygen atoms in total. The molecule has 4 rings (SSSR count). The van der Waals surface area contributed by atoms with Gasteiger partial charge in [-0.1, -0.05) is 60.7 Å². The summed E-state index contributed by atoms with van der Waals surface area (Å²) in [5.41, 5.74) is 3.12. The normalized spacial score (nSPS) is 10.7. The molecular weight excluding hydrogens is 396 g/mol. The molecule has 4 aromatic rings. The molecule has 0 aliphatic carbocycles. The Hall–Kier alpha value is -3.51. The summed E-state index contributed by atoms with van der Waals surface area (Å²) in [5.74, 6) is -0.861. The van der Waals surface area contributed by atoms with E-state index in [4.69, 9.17) is 4.74 Å². The van der Waals surface area contributed by atoms with Gasteiger partial charge >= 0.3 is 5.97 Å². The molecule has 0 atom stereocenters. The van der Waals surface area contributed by atoms with Crippen molar-refractivity contribution in [2.24, 2.45) is 0 Å². The van der Waals surface area contributed by atoms with Crippen molar-refractivity contribution < 1.29 is 14.3 Å². The zero-order valence-corrected chi connectivity index (χ0v) is 17.0. The van der Waals surface area contributed by atoms with Crippen molar-refractivity contribution in [3.8, 4) is 10.6 Å². The van der Waals surface area contributed by atoms with E-state index in [2.05, 4.69) is 10.3 Å². The maximum Gasteiger partial charge on any atom is 0.339 e. The molecule has 0 unspecified atom stereocenters. The van der Waals surface area contributed by atoms with Gasteiger partial charge in [-0.3, -0.25) is 4.79 Å². The second-order valence-corrected chi connectivity index (χ2v) is 7.72. The van der Waals surface area contributed by atoms with Crippen LogP contribution in [0.25, 0.3) is 20.8 Å². The summed E-state index contributed by atoms with van der Waals surface area (Å²) in [6, 6.07) is 24.9. The Morgan fingerprint density at radius 1 is 0.900 bits per heavy atom. The maximum absolute atomic E-state index is 12.6. The lowest BCUT2D eigenvalue weighted by Crippen LogP contribution is -2.30. The van der Waals surface area contributed by atoms with Gasteiger partial charge in [0.1, 0.15) is 5.01 Å². The fourth-order valence-corrected chi connectivity index (χ4v) is 4.09. The van der Waals surface area contributed by atoms with Crippen LogP contribution >= 0.6 is 11.3 Å². The highest BCUT2D eigenvalue weighted by atomic mass is 32.1. The number of aromatic nitrogens is 1. The van der Waals surface area contributed by atoms with Crippen molar-refractivity contribution in [1.82, 2.24) is 10.3 Å². The van der Waals surface area contributed by atoms with Gasteiger partial charge < -0.3 is 10.1 Å². The number of carbonyl (C=O) groups excluding carboxylic acids is 2. The van der Waals surface area contributed by atoms with E-state index >= 15 is 0 Å². The molecule has 6 heteroatoms. The van der Waals surface area contributed by atoms with Crippen molar-refractivity contribution in [3.63, 3.8) is 0 Å². The van der Waals surface area contributed by atoms with Gasteiger partial charge in [-0.05, 0) is 30.2 Å². The van der Waals surface area contributed by atoms with E-state index in [1.807, 2.05) is 66.7 Å². The number of rotatable bonds is 7. The summed E-state index contributed by atoms with van der Waals surface area (Å²) in [7, 11) is 0. The quantitative estimate of drug-likeness (QED) is 0.451. The molecule has 1 aromatic heterocycles. The van der Waals surface area contributed by atoms with Crippen LogP contribution in [0.3, 0.4) is 0 Å². The van der Waals surface area contributed by atoms with E-state index in [1.165, 1.54) is 11.3 Å². The highest BCUT2D eigenvalue weighted by molar-refractivity contribution is 7.21. The van der Waals surface area contributed by atoms with Crippen LogP contribution in [0, 0.1) is 0 Å². The molecule has 3 aromatic carbocycles. The molecule has 0 fully saturated rings. The Balaban J connectivity index is 1.37. The van der Waals surface area contributed by atoms with Crippen LogP contribution in [0.4, 0.5) is 0 Å². The topological polar surface area (TPSA) is 68.3 Å². The number of nitrogens with zero attached hydrogens (tertiary/aromatic N) is 1. The first kappa shape index (κ1) is 19.8. The van der Waals surface area contributed by atoms with E-state index in [1.54, 1.807) is 12.1 Å². The minimum atomic E-state index is -0.539. The first-order chi connectivity index (χ1) is 14.7. The predicted molar refractivity (Wildman–Crippen MR) is 118 cm³/mol. The fourth-order valence-electron chi connectivity index (χ4n) is 3.09. The first-order valence-corrected chi connectivity index (χ1v) is 10.4. The Bertz CT molecular complexity index is 1140. The lowest BCUT2D eigenvalue weighted by Gasteiger charge is -2.09. The van der Waals surface area contributed by atoms with E-state index in [9.17, 15) is 9.59 Å². The molecule has 0 spiro atoms. The van der Waals surface area contributed by atoms with Crippen molar-refractivity contribution in [2.75, 3.05) is 13.2 Å². The van der Waals surface area contributed by atoms with Gasteiger partial charge in [0.05, 0.1) is 15.8 Å². The number of carbonyl (C=O) groups is 2. The molecule has 150 valence electrons. The number of benzene rings is 3. The number of hydrogen-bond acceptors (Lipinski definition) is 5. The molecule has 1 amide bonds. The number of para-hydroxylation sites is 1. The third kappa shape index (κ3) is 4.72. The van der Waals surface area contributed by atoms with Crippen LogP contribution in [-0.4, -0.2) is 30.0 Å². The van der Waals surface area contributed by atoms with Crippen LogP contribution in [0.5, 0.6) is 0 Å². The molecule has 0 radical (unpaired) electrons.